The fourth-order valence-corrected chi connectivity index (χ4v) is 3.72. The zero-order valence-electron chi connectivity index (χ0n) is 15.2. The first-order valence-electron chi connectivity index (χ1n) is 9.00. The van der Waals surface area contributed by atoms with Gasteiger partial charge in [-0.2, -0.15) is 5.10 Å². The van der Waals surface area contributed by atoms with Crippen molar-refractivity contribution in [3.63, 3.8) is 0 Å². The van der Waals surface area contributed by atoms with Crippen LogP contribution in [0.2, 0.25) is 0 Å². The van der Waals surface area contributed by atoms with Crippen molar-refractivity contribution in [2.24, 2.45) is 0 Å². The molecule has 4 rings (SSSR count). The number of hydrogen-bond donors (Lipinski definition) is 0. The molecule has 0 spiro atoms. The van der Waals surface area contributed by atoms with Gasteiger partial charge in [-0.15, -0.1) is 0 Å². The van der Waals surface area contributed by atoms with Crippen molar-refractivity contribution >= 4 is 5.91 Å². The molecule has 1 unspecified atom stereocenters. The fraction of sp³-hybridized carbons (Fsp3) is 0.350. The van der Waals surface area contributed by atoms with Crippen molar-refractivity contribution in [3.8, 4) is 0 Å². The van der Waals surface area contributed by atoms with E-state index in [9.17, 15) is 4.79 Å². The molecule has 0 fully saturated rings. The molecule has 1 aliphatic heterocycles. The Labute approximate surface area is 153 Å². The molecule has 6 nitrogen and oxygen atoms in total. The van der Waals surface area contributed by atoms with E-state index in [-0.39, 0.29) is 18.5 Å². The Kier molecular flexibility index (Phi) is 4.32. The minimum Gasteiger partial charge on any atom is -0.333 e. The molecule has 0 radical (unpaired) electrons. The van der Waals surface area contributed by atoms with Gasteiger partial charge < -0.3 is 9.47 Å². The highest BCUT2D eigenvalue weighted by atomic mass is 16.2. The summed E-state index contributed by atoms with van der Waals surface area (Å²) in [5, 5.41) is 4.45. The highest BCUT2D eigenvalue weighted by Gasteiger charge is 2.32. The minimum atomic E-state index is -0.168. The molecule has 2 aromatic heterocycles. The summed E-state index contributed by atoms with van der Waals surface area (Å²) in [6.07, 6.45) is 4.73. The molecule has 0 saturated heterocycles. The first-order valence-corrected chi connectivity index (χ1v) is 9.00. The monoisotopic (exact) mass is 349 g/mol. The van der Waals surface area contributed by atoms with Crippen LogP contribution in [-0.4, -0.2) is 36.7 Å². The van der Waals surface area contributed by atoms with Gasteiger partial charge in [0.25, 0.3) is 0 Å². The molecule has 0 aliphatic carbocycles. The van der Waals surface area contributed by atoms with Crippen molar-refractivity contribution < 1.29 is 4.79 Å². The topological polar surface area (TPSA) is 56.0 Å². The fourth-order valence-electron chi connectivity index (χ4n) is 3.72. The number of carbonyl (C=O) groups is 1. The third-order valence-electron chi connectivity index (χ3n) is 4.93. The molecule has 3 aromatic rings. The number of benzene rings is 1. The Morgan fingerprint density at radius 3 is 2.73 bits per heavy atom. The van der Waals surface area contributed by atoms with Gasteiger partial charge in [0.2, 0.25) is 5.91 Å². The van der Waals surface area contributed by atoms with E-state index < -0.39 is 0 Å². The number of carbonyl (C=O) groups excluding carboxylic acids is 1. The first kappa shape index (κ1) is 16.6. The molecular weight excluding hydrogens is 326 g/mol. The molecule has 1 aliphatic rings. The van der Waals surface area contributed by atoms with Crippen LogP contribution in [0.3, 0.4) is 0 Å². The summed E-state index contributed by atoms with van der Waals surface area (Å²) < 4.78 is 3.95. The van der Waals surface area contributed by atoms with Gasteiger partial charge in [-0.3, -0.25) is 9.48 Å². The molecule has 26 heavy (non-hydrogen) atoms. The highest BCUT2D eigenvalue weighted by Crippen LogP contribution is 2.30. The highest BCUT2D eigenvalue weighted by molar-refractivity contribution is 5.77. The van der Waals surface area contributed by atoms with Crippen LogP contribution >= 0.6 is 0 Å². The average Bonchev–Trinajstić information content (AvgIpc) is 3.16. The SMILES string of the molecule is Cc1cc(C)n(CC(=O)N2CCCn3ccnc3C2c2ccccc2)n1. The number of rotatable bonds is 3. The summed E-state index contributed by atoms with van der Waals surface area (Å²) in [5.74, 6) is 0.997. The van der Waals surface area contributed by atoms with Crippen molar-refractivity contribution in [2.45, 2.75) is 39.4 Å². The molecule has 134 valence electrons. The Balaban J connectivity index is 1.70. The van der Waals surface area contributed by atoms with Gasteiger partial charge in [0.05, 0.1) is 5.69 Å². The van der Waals surface area contributed by atoms with E-state index in [1.54, 1.807) is 4.68 Å². The van der Waals surface area contributed by atoms with E-state index in [0.29, 0.717) is 6.54 Å². The van der Waals surface area contributed by atoms with Crippen LogP contribution < -0.4 is 0 Å². The normalized spacial score (nSPS) is 17.0. The standard InChI is InChI=1S/C20H23N5O/c1-15-13-16(2)25(22-15)14-18(26)24-11-6-10-23-12-9-21-20(23)19(24)17-7-4-3-5-8-17/h3-5,7-9,12-13,19H,6,10-11,14H2,1-2H3. The van der Waals surface area contributed by atoms with Crippen LogP contribution in [0.25, 0.3) is 0 Å². The van der Waals surface area contributed by atoms with Gasteiger partial charge in [0, 0.05) is 31.2 Å². The second-order valence-electron chi connectivity index (χ2n) is 6.82. The number of fused-ring (bicyclic) bond motifs is 1. The van der Waals surface area contributed by atoms with Crippen LogP contribution in [0.5, 0.6) is 0 Å². The number of amides is 1. The minimum absolute atomic E-state index is 0.0708. The largest absolute Gasteiger partial charge is 0.333 e. The Morgan fingerprint density at radius 1 is 1.19 bits per heavy atom. The molecule has 0 bridgehead atoms. The lowest BCUT2D eigenvalue weighted by atomic mass is 10.0. The lowest BCUT2D eigenvalue weighted by Crippen LogP contribution is -2.38. The predicted octanol–water partition coefficient (Wildman–Crippen LogP) is 2.72. The van der Waals surface area contributed by atoms with Gasteiger partial charge in [-0.25, -0.2) is 4.98 Å². The van der Waals surface area contributed by atoms with Crippen molar-refractivity contribution in [1.82, 2.24) is 24.2 Å². The van der Waals surface area contributed by atoms with E-state index in [1.807, 2.05) is 55.4 Å². The average molecular weight is 349 g/mol. The summed E-state index contributed by atoms with van der Waals surface area (Å²) in [6.45, 7) is 5.77. The molecule has 1 amide bonds. The number of aryl methyl sites for hydroxylation is 3. The van der Waals surface area contributed by atoms with Gasteiger partial charge in [-0.1, -0.05) is 30.3 Å². The zero-order valence-corrected chi connectivity index (χ0v) is 15.2. The zero-order chi connectivity index (χ0) is 18.1. The maximum Gasteiger partial charge on any atom is 0.245 e. The van der Waals surface area contributed by atoms with Crippen LogP contribution in [0.1, 0.15) is 35.2 Å². The van der Waals surface area contributed by atoms with Crippen molar-refractivity contribution in [2.75, 3.05) is 6.54 Å². The second-order valence-corrected chi connectivity index (χ2v) is 6.82. The van der Waals surface area contributed by atoms with E-state index >= 15 is 0 Å². The summed E-state index contributed by atoms with van der Waals surface area (Å²) >= 11 is 0. The lowest BCUT2D eigenvalue weighted by molar-refractivity contribution is -0.133. The van der Waals surface area contributed by atoms with E-state index in [2.05, 4.69) is 26.8 Å². The Morgan fingerprint density at radius 2 is 2.00 bits per heavy atom. The van der Waals surface area contributed by atoms with Crippen LogP contribution in [0.15, 0.2) is 48.8 Å². The van der Waals surface area contributed by atoms with Crippen molar-refractivity contribution in [1.29, 1.82) is 0 Å². The van der Waals surface area contributed by atoms with Gasteiger partial charge in [0.15, 0.2) is 0 Å². The molecule has 0 N–H and O–H groups in total. The predicted molar refractivity (Wildman–Crippen MR) is 98.5 cm³/mol. The van der Waals surface area contributed by atoms with E-state index in [1.165, 1.54) is 0 Å². The third kappa shape index (κ3) is 3.03. The van der Waals surface area contributed by atoms with Gasteiger partial charge >= 0.3 is 0 Å². The molecule has 6 heteroatoms. The smallest absolute Gasteiger partial charge is 0.245 e. The Bertz CT molecular complexity index is 911. The second kappa shape index (κ2) is 6.78. The van der Waals surface area contributed by atoms with Crippen LogP contribution in [0, 0.1) is 13.8 Å². The lowest BCUT2D eigenvalue weighted by Gasteiger charge is -2.30. The Hall–Kier alpha value is -2.89. The van der Waals surface area contributed by atoms with Crippen LogP contribution in [0.4, 0.5) is 0 Å². The summed E-state index contributed by atoms with van der Waals surface area (Å²) in [4.78, 5) is 19.8. The maximum absolute atomic E-state index is 13.2. The number of nitrogens with zero attached hydrogens (tertiary/aromatic N) is 5. The summed E-state index contributed by atoms with van der Waals surface area (Å²) in [6, 6.07) is 12.0. The number of aromatic nitrogens is 4. The first-order chi connectivity index (χ1) is 12.6. The number of imidazole rings is 1. The van der Waals surface area contributed by atoms with Crippen molar-refractivity contribution in [3.05, 3.63) is 71.6 Å². The van der Waals surface area contributed by atoms with Gasteiger partial charge in [-0.05, 0) is 31.9 Å². The maximum atomic E-state index is 13.2. The summed E-state index contributed by atoms with van der Waals surface area (Å²) in [7, 11) is 0. The molecule has 3 heterocycles. The molecule has 1 aromatic carbocycles. The van der Waals surface area contributed by atoms with E-state index in [4.69, 9.17) is 0 Å². The van der Waals surface area contributed by atoms with Gasteiger partial charge in [0.1, 0.15) is 18.4 Å². The summed E-state index contributed by atoms with van der Waals surface area (Å²) in [5.41, 5.74) is 3.02. The molecule has 0 saturated carbocycles. The number of hydrogen-bond acceptors (Lipinski definition) is 3. The van der Waals surface area contributed by atoms with Crippen LogP contribution in [-0.2, 0) is 17.9 Å². The molecular formula is C20H23N5O. The van der Waals surface area contributed by atoms with E-state index in [0.717, 1.165) is 35.7 Å². The molecule has 1 atom stereocenters. The third-order valence-corrected chi connectivity index (χ3v) is 4.93. The quantitative estimate of drug-likeness (QED) is 0.730.